The highest BCUT2D eigenvalue weighted by Crippen LogP contribution is 1.86. The third-order valence-corrected chi connectivity index (χ3v) is 1.56. The van der Waals surface area contributed by atoms with E-state index in [0.717, 1.165) is 0 Å². The van der Waals surface area contributed by atoms with E-state index in [9.17, 15) is 8.42 Å². The molecule has 0 aromatic rings. The van der Waals surface area contributed by atoms with Crippen LogP contribution in [0.5, 0.6) is 0 Å². The molecule has 4 N–H and O–H groups in total. The molecule has 0 bridgehead atoms. The van der Waals surface area contributed by atoms with Crippen LogP contribution in [0.4, 0.5) is 0 Å². The monoisotopic (exact) mass is 168 g/mol. The predicted molar refractivity (Wildman–Crippen MR) is 37.4 cm³/mol. The molecule has 62 valence electrons. The molecule has 1 atom stereocenters. The molecule has 0 aliphatic heterocycles. The van der Waals surface area contributed by atoms with Gasteiger partial charge < -0.3 is 5.11 Å². The molecule has 0 fully saturated rings. The Balaban J connectivity index is 3.56. The van der Waals surface area contributed by atoms with Crippen molar-refractivity contribution >= 4 is 10.2 Å². The van der Waals surface area contributed by atoms with Crippen molar-refractivity contribution in [2.24, 2.45) is 5.14 Å². The van der Waals surface area contributed by atoms with Crippen LogP contribution in [0.2, 0.25) is 0 Å². The molecular formula is C4H12N2O3S. The van der Waals surface area contributed by atoms with Gasteiger partial charge in [0.05, 0.1) is 6.10 Å². The van der Waals surface area contributed by atoms with Crippen molar-refractivity contribution in [2.75, 3.05) is 6.54 Å². The molecule has 0 saturated heterocycles. The van der Waals surface area contributed by atoms with Gasteiger partial charge in [-0.15, -0.1) is 0 Å². The SMILES string of the molecule is CCC(O)CNS(N)(=O)=O. The maximum Gasteiger partial charge on any atom is 0.274 e. The summed E-state index contributed by atoms with van der Waals surface area (Å²) in [6, 6.07) is 0. The maximum absolute atomic E-state index is 10.2. The van der Waals surface area contributed by atoms with E-state index in [1.54, 1.807) is 6.92 Å². The van der Waals surface area contributed by atoms with Gasteiger partial charge in [0.25, 0.3) is 10.2 Å². The van der Waals surface area contributed by atoms with Crippen molar-refractivity contribution in [1.82, 2.24) is 4.72 Å². The van der Waals surface area contributed by atoms with Gasteiger partial charge in [0, 0.05) is 6.54 Å². The molecule has 5 nitrogen and oxygen atoms in total. The number of rotatable bonds is 4. The number of aliphatic hydroxyl groups excluding tert-OH is 1. The lowest BCUT2D eigenvalue weighted by Gasteiger charge is -2.06. The molecule has 0 saturated carbocycles. The molecule has 0 aliphatic carbocycles. The standard InChI is InChI=1S/C4H12N2O3S/c1-2-4(7)3-6-10(5,8)9/h4,6-7H,2-3H2,1H3,(H2,5,8,9). The predicted octanol–water partition coefficient (Wildman–Crippen LogP) is -1.45. The van der Waals surface area contributed by atoms with E-state index in [-0.39, 0.29) is 6.54 Å². The van der Waals surface area contributed by atoms with Crippen molar-refractivity contribution in [3.05, 3.63) is 0 Å². The number of hydrogen-bond acceptors (Lipinski definition) is 3. The Kier molecular flexibility index (Phi) is 3.80. The highest BCUT2D eigenvalue weighted by atomic mass is 32.2. The average molecular weight is 168 g/mol. The summed E-state index contributed by atoms with van der Waals surface area (Å²) in [5.41, 5.74) is 0. The van der Waals surface area contributed by atoms with Crippen LogP contribution in [0, 0.1) is 0 Å². The Hall–Kier alpha value is -0.170. The summed E-state index contributed by atoms with van der Waals surface area (Å²) in [7, 11) is -3.64. The second kappa shape index (κ2) is 3.87. The molecule has 0 heterocycles. The second-order valence-electron chi connectivity index (χ2n) is 1.96. The smallest absolute Gasteiger partial charge is 0.274 e. The molecule has 0 radical (unpaired) electrons. The molecule has 1 unspecified atom stereocenters. The first kappa shape index (κ1) is 9.83. The van der Waals surface area contributed by atoms with Crippen LogP contribution in [0.3, 0.4) is 0 Å². The minimum absolute atomic E-state index is 0.0185. The van der Waals surface area contributed by atoms with Gasteiger partial charge in [-0.05, 0) is 6.42 Å². The summed E-state index contributed by atoms with van der Waals surface area (Å²) in [6.07, 6.45) is -0.152. The third kappa shape index (κ3) is 5.96. The first-order valence-corrected chi connectivity index (χ1v) is 4.45. The van der Waals surface area contributed by atoms with Crippen LogP contribution < -0.4 is 9.86 Å². The minimum atomic E-state index is -3.64. The van der Waals surface area contributed by atoms with Gasteiger partial charge in [-0.1, -0.05) is 6.92 Å². The summed E-state index contributed by atoms with van der Waals surface area (Å²) >= 11 is 0. The molecular weight excluding hydrogens is 156 g/mol. The lowest BCUT2D eigenvalue weighted by Crippen LogP contribution is -2.36. The van der Waals surface area contributed by atoms with Crippen molar-refractivity contribution in [3.8, 4) is 0 Å². The summed E-state index contributed by atoms with van der Waals surface area (Å²) in [5, 5.41) is 13.4. The van der Waals surface area contributed by atoms with Crippen LogP contribution in [-0.4, -0.2) is 26.2 Å². The fourth-order valence-corrected chi connectivity index (χ4v) is 0.781. The first-order valence-electron chi connectivity index (χ1n) is 2.91. The van der Waals surface area contributed by atoms with Gasteiger partial charge in [-0.25, -0.2) is 5.14 Å². The van der Waals surface area contributed by atoms with Crippen molar-refractivity contribution < 1.29 is 13.5 Å². The largest absolute Gasteiger partial charge is 0.392 e. The minimum Gasteiger partial charge on any atom is -0.392 e. The van der Waals surface area contributed by atoms with E-state index in [0.29, 0.717) is 6.42 Å². The summed E-state index contributed by atoms with van der Waals surface area (Å²) in [6.45, 7) is 1.73. The second-order valence-corrected chi connectivity index (χ2v) is 3.33. The molecule has 0 rings (SSSR count). The Bertz CT molecular complexity index is 177. The summed E-state index contributed by atoms with van der Waals surface area (Å²) in [5.74, 6) is 0. The van der Waals surface area contributed by atoms with Gasteiger partial charge >= 0.3 is 0 Å². The van der Waals surface area contributed by atoms with Gasteiger partial charge in [0.1, 0.15) is 0 Å². The fourth-order valence-electron chi connectivity index (χ4n) is 0.357. The summed E-state index contributed by atoms with van der Waals surface area (Å²) < 4.78 is 22.4. The molecule has 0 amide bonds. The van der Waals surface area contributed by atoms with E-state index in [1.165, 1.54) is 0 Å². The molecule has 0 aliphatic rings. The van der Waals surface area contributed by atoms with E-state index in [2.05, 4.69) is 5.14 Å². The fraction of sp³-hybridized carbons (Fsp3) is 1.00. The number of nitrogens with one attached hydrogen (secondary N) is 1. The quantitative estimate of drug-likeness (QED) is 0.479. The topological polar surface area (TPSA) is 92.4 Å². The van der Waals surface area contributed by atoms with E-state index in [4.69, 9.17) is 5.11 Å². The molecule has 10 heavy (non-hydrogen) atoms. The van der Waals surface area contributed by atoms with Crippen molar-refractivity contribution in [3.63, 3.8) is 0 Å². The maximum atomic E-state index is 10.2. The highest BCUT2D eigenvalue weighted by molar-refractivity contribution is 7.87. The van der Waals surface area contributed by atoms with E-state index >= 15 is 0 Å². The highest BCUT2D eigenvalue weighted by Gasteiger charge is 2.04. The number of aliphatic hydroxyl groups is 1. The Labute approximate surface area is 60.4 Å². The molecule has 6 heteroatoms. The van der Waals surface area contributed by atoms with E-state index in [1.807, 2.05) is 4.72 Å². The van der Waals surface area contributed by atoms with Gasteiger partial charge in [0.15, 0.2) is 0 Å². The van der Waals surface area contributed by atoms with Crippen LogP contribution in [0.25, 0.3) is 0 Å². The lowest BCUT2D eigenvalue weighted by atomic mass is 10.3. The zero-order valence-electron chi connectivity index (χ0n) is 5.74. The van der Waals surface area contributed by atoms with E-state index < -0.39 is 16.3 Å². The number of nitrogens with two attached hydrogens (primary N) is 1. The zero-order valence-corrected chi connectivity index (χ0v) is 6.56. The number of hydrogen-bond donors (Lipinski definition) is 3. The van der Waals surface area contributed by atoms with Gasteiger partial charge in [0.2, 0.25) is 0 Å². The Morgan fingerprint density at radius 1 is 1.70 bits per heavy atom. The van der Waals surface area contributed by atoms with Crippen molar-refractivity contribution in [2.45, 2.75) is 19.4 Å². The summed E-state index contributed by atoms with van der Waals surface area (Å²) in [4.78, 5) is 0. The Morgan fingerprint density at radius 3 is 2.50 bits per heavy atom. The lowest BCUT2D eigenvalue weighted by molar-refractivity contribution is 0.174. The van der Waals surface area contributed by atoms with Crippen LogP contribution >= 0.6 is 0 Å². The average Bonchev–Trinajstić information content (AvgIpc) is 1.81. The van der Waals surface area contributed by atoms with Gasteiger partial charge in [-0.2, -0.15) is 13.1 Å². The molecule has 0 spiro atoms. The zero-order chi connectivity index (χ0) is 8.20. The third-order valence-electron chi connectivity index (χ3n) is 0.991. The molecule has 0 aromatic carbocycles. The van der Waals surface area contributed by atoms with Crippen LogP contribution in [0.1, 0.15) is 13.3 Å². The van der Waals surface area contributed by atoms with Gasteiger partial charge in [-0.3, -0.25) is 0 Å². The molecule has 0 aromatic heterocycles. The van der Waals surface area contributed by atoms with Crippen LogP contribution in [0.15, 0.2) is 0 Å². The Morgan fingerprint density at radius 2 is 2.20 bits per heavy atom. The van der Waals surface area contributed by atoms with Crippen LogP contribution in [-0.2, 0) is 10.2 Å². The van der Waals surface area contributed by atoms with Crippen molar-refractivity contribution in [1.29, 1.82) is 0 Å². The normalized spacial score (nSPS) is 15.1. The first-order chi connectivity index (χ1) is 4.45.